The molecule has 0 saturated carbocycles. The minimum atomic E-state index is 0.579. The summed E-state index contributed by atoms with van der Waals surface area (Å²) in [6.45, 7) is 4.07. The monoisotopic (exact) mass is 360 g/mol. The van der Waals surface area contributed by atoms with Gasteiger partial charge in [0.25, 0.3) is 0 Å². The maximum Gasteiger partial charge on any atom is 0.170 e. The van der Waals surface area contributed by atoms with E-state index in [0.29, 0.717) is 18.3 Å². The summed E-state index contributed by atoms with van der Waals surface area (Å²) < 4.78 is 11.1. The lowest BCUT2D eigenvalue weighted by molar-refractivity contribution is 0.171. The molecular formula is C18H20N2O2S2. The molecule has 3 rings (SSSR count). The Kier molecular flexibility index (Phi) is 5.82. The average Bonchev–Trinajstić information content (AvgIpc) is 2.60. The molecule has 0 spiro atoms. The minimum absolute atomic E-state index is 0.579. The lowest BCUT2D eigenvalue weighted by atomic mass is 10.2. The predicted octanol–water partition coefficient (Wildman–Crippen LogP) is 3.84. The summed E-state index contributed by atoms with van der Waals surface area (Å²) in [6.07, 6.45) is 0. The van der Waals surface area contributed by atoms with Crippen LogP contribution in [0.3, 0.4) is 0 Å². The first kappa shape index (κ1) is 16.9. The molecule has 2 aromatic rings. The van der Waals surface area contributed by atoms with Gasteiger partial charge >= 0.3 is 0 Å². The molecule has 2 aromatic carbocycles. The summed E-state index contributed by atoms with van der Waals surface area (Å²) in [5, 5.41) is 7.00. The standard InChI is InChI=1S/C18H20N2O2S2/c1-13-2-5-15(6-3-13)24-11-8-19-18(23)20-14-4-7-16-17(12-14)22-10-9-21-16/h2-7,12H,8-11H2,1H3,(H2,19,20,23). The number of thioether (sulfide) groups is 1. The van der Waals surface area contributed by atoms with E-state index in [4.69, 9.17) is 21.7 Å². The van der Waals surface area contributed by atoms with E-state index in [0.717, 1.165) is 29.5 Å². The van der Waals surface area contributed by atoms with Gasteiger partial charge in [0.05, 0.1) is 0 Å². The molecule has 0 atom stereocenters. The Morgan fingerprint density at radius 3 is 2.62 bits per heavy atom. The van der Waals surface area contributed by atoms with Gasteiger partial charge in [-0.3, -0.25) is 0 Å². The molecule has 0 aliphatic carbocycles. The van der Waals surface area contributed by atoms with Crippen molar-refractivity contribution in [2.45, 2.75) is 11.8 Å². The van der Waals surface area contributed by atoms with Crippen LogP contribution in [-0.2, 0) is 0 Å². The van der Waals surface area contributed by atoms with Gasteiger partial charge in [0.1, 0.15) is 13.2 Å². The third-order valence-electron chi connectivity index (χ3n) is 3.48. The van der Waals surface area contributed by atoms with Crippen LogP contribution in [0.25, 0.3) is 0 Å². The SMILES string of the molecule is Cc1ccc(SCCNC(=S)Nc2ccc3c(c2)OCCO3)cc1. The first-order valence-corrected chi connectivity index (χ1v) is 9.24. The zero-order valence-electron chi connectivity index (χ0n) is 13.5. The molecule has 1 heterocycles. The van der Waals surface area contributed by atoms with Crippen molar-refractivity contribution in [3.05, 3.63) is 48.0 Å². The Labute approximate surface area is 151 Å². The Balaban J connectivity index is 1.41. The Bertz CT molecular complexity index is 705. The molecule has 0 fully saturated rings. The number of hydrogen-bond acceptors (Lipinski definition) is 4. The van der Waals surface area contributed by atoms with Crippen molar-refractivity contribution in [2.24, 2.45) is 0 Å². The second kappa shape index (κ2) is 8.26. The van der Waals surface area contributed by atoms with E-state index in [1.165, 1.54) is 10.5 Å². The van der Waals surface area contributed by atoms with Gasteiger partial charge in [0.15, 0.2) is 16.6 Å². The van der Waals surface area contributed by atoms with Crippen LogP contribution in [0, 0.1) is 6.92 Å². The number of hydrogen-bond donors (Lipinski definition) is 2. The van der Waals surface area contributed by atoms with Crippen LogP contribution in [0.1, 0.15) is 5.56 Å². The molecule has 0 saturated heterocycles. The van der Waals surface area contributed by atoms with Crippen LogP contribution in [-0.4, -0.2) is 30.6 Å². The molecule has 24 heavy (non-hydrogen) atoms. The number of benzene rings is 2. The molecule has 6 heteroatoms. The highest BCUT2D eigenvalue weighted by atomic mass is 32.2. The van der Waals surface area contributed by atoms with Gasteiger partial charge in [0, 0.05) is 28.9 Å². The van der Waals surface area contributed by atoms with Crippen molar-refractivity contribution in [2.75, 3.05) is 30.8 Å². The first-order chi connectivity index (χ1) is 11.7. The first-order valence-electron chi connectivity index (χ1n) is 7.85. The van der Waals surface area contributed by atoms with Crippen LogP contribution in [0.15, 0.2) is 47.4 Å². The maximum atomic E-state index is 5.57. The number of fused-ring (bicyclic) bond motifs is 1. The van der Waals surface area contributed by atoms with Gasteiger partial charge < -0.3 is 20.1 Å². The van der Waals surface area contributed by atoms with E-state index >= 15 is 0 Å². The van der Waals surface area contributed by atoms with Gasteiger partial charge in [-0.1, -0.05) is 17.7 Å². The van der Waals surface area contributed by atoms with Crippen molar-refractivity contribution in [3.8, 4) is 11.5 Å². The Morgan fingerprint density at radius 1 is 1.08 bits per heavy atom. The summed E-state index contributed by atoms with van der Waals surface area (Å²) in [5.74, 6) is 2.48. The highest BCUT2D eigenvalue weighted by Crippen LogP contribution is 2.32. The number of thiocarbonyl (C=S) groups is 1. The third kappa shape index (κ3) is 4.79. The maximum absolute atomic E-state index is 5.57. The molecule has 0 aromatic heterocycles. The molecule has 0 unspecified atom stereocenters. The Hall–Kier alpha value is -1.92. The fourth-order valence-corrected chi connectivity index (χ4v) is 3.25. The fraction of sp³-hybridized carbons (Fsp3) is 0.278. The molecule has 0 amide bonds. The molecule has 4 nitrogen and oxygen atoms in total. The van der Waals surface area contributed by atoms with E-state index in [9.17, 15) is 0 Å². The van der Waals surface area contributed by atoms with Gasteiger partial charge in [-0.05, 0) is 43.4 Å². The number of anilines is 1. The van der Waals surface area contributed by atoms with Gasteiger partial charge in [0.2, 0.25) is 0 Å². The normalized spacial score (nSPS) is 12.5. The van der Waals surface area contributed by atoms with E-state index < -0.39 is 0 Å². The Morgan fingerprint density at radius 2 is 1.83 bits per heavy atom. The summed E-state index contributed by atoms with van der Waals surface area (Å²) >= 11 is 7.14. The van der Waals surface area contributed by atoms with Crippen molar-refractivity contribution in [1.29, 1.82) is 0 Å². The average molecular weight is 361 g/mol. The summed E-state index contributed by atoms with van der Waals surface area (Å²) in [7, 11) is 0. The van der Waals surface area contributed by atoms with E-state index in [-0.39, 0.29) is 0 Å². The lowest BCUT2D eigenvalue weighted by Crippen LogP contribution is -2.30. The van der Waals surface area contributed by atoms with Crippen LogP contribution < -0.4 is 20.1 Å². The van der Waals surface area contributed by atoms with Crippen LogP contribution in [0.2, 0.25) is 0 Å². The highest BCUT2D eigenvalue weighted by Gasteiger charge is 2.11. The van der Waals surface area contributed by atoms with Crippen LogP contribution >= 0.6 is 24.0 Å². The quantitative estimate of drug-likeness (QED) is 0.480. The largest absolute Gasteiger partial charge is 0.486 e. The van der Waals surface area contributed by atoms with Crippen molar-refractivity contribution in [1.82, 2.24) is 5.32 Å². The van der Waals surface area contributed by atoms with Crippen LogP contribution in [0.5, 0.6) is 11.5 Å². The molecule has 0 radical (unpaired) electrons. The molecule has 126 valence electrons. The highest BCUT2D eigenvalue weighted by molar-refractivity contribution is 7.99. The second-order valence-corrected chi connectivity index (χ2v) is 6.98. The van der Waals surface area contributed by atoms with Crippen molar-refractivity contribution >= 4 is 34.8 Å². The molecular weight excluding hydrogens is 340 g/mol. The van der Waals surface area contributed by atoms with Gasteiger partial charge in [-0.25, -0.2) is 0 Å². The fourth-order valence-electron chi connectivity index (χ4n) is 2.26. The summed E-state index contributed by atoms with van der Waals surface area (Å²) in [4.78, 5) is 1.27. The molecule has 2 N–H and O–H groups in total. The van der Waals surface area contributed by atoms with Gasteiger partial charge in [-0.15, -0.1) is 11.8 Å². The predicted molar refractivity (Wildman–Crippen MR) is 104 cm³/mol. The van der Waals surface area contributed by atoms with Crippen molar-refractivity contribution < 1.29 is 9.47 Å². The molecule has 1 aliphatic rings. The van der Waals surface area contributed by atoms with Crippen LogP contribution in [0.4, 0.5) is 5.69 Å². The molecule has 1 aliphatic heterocycles. The smallest absolute Gasteiger partial charge is 0.170 e. The van der Waals surface area contributed by atoms with E-state index in [1.807, 2.05) is 30.0 Å². The summed E-state index contributed by atoms with van der Waals surface area (Å²) in [6, 6.07) is 14.3. The van der Waals surface area contributed by atoms with Gasteiger partial charge in [-0.2, -0.15) is 0 Å². The third-order valence-corrected chi connectivity index (χ3v) is 4.74. The number of nitrogens with one attached hydrogen (secondary N) is 2. The zero-order valence-corrected chi connectivity index (χ0v) is 15.1. The zero-order chi connectivity index (χ0) is 16.8. The number of aryl methyl sites for hydroxylation is 1. The van der Waals surface area contributed by atoms with E-state index in [2.05, 4.69) is 41.8 Å². The minimum Gasteiger partial charge on any atom is -0.486 e. The molecule has 0 bridgehead atoms. The van der Waals surface area contributed by atoms with E-state index in [1.54, 1.807) is 0 Å². The number of rotatable bonds is 5. The summed E-state index contributed by atoms with van der Waals surface area (Å²) in [5.41, 5.74) is 2.17. The second-order valence-electron chi connectivity index (χ2n) is 5.40. The number of ether oxygens (including phenoxy) is 2. The topological polar surface area (TPSA) is 42.5 Å². The lowest BCUT2D eigenvalue weighted by Gasteiger charge is -2.19. The van der Waals surface area contributed by atoms with Crippen molar-refractivity contribution in [3.63, 3.8) is 0 Å².